The second kappa shape index (κ2) is 7.41. The fraction of sp³-hybridized carbons (Fsp3) is 0.714. The molecule has 23 heavy (non-hydrogen) atoms. The Labute approximate surface area is 136 Å². The molecule has 0 aromatic carbocycles. The van der Waals surface area contributed by atoms with Crippen molar-refractivity contribution in [3.63, 3.8) is 0 Å². The lowest BCUT2D eigenvalue weighted by Crippen LogP contribution is -2.43. The Morgan fingerprint density at radius 3 is 2.91 bits per heavy atom. The van der Waals surface area contributed by atoms with E-state index in [0.717, 1.165) is 12.8 Å². The van der Waals surface area contributed by atoms with Crippen LogP contribution in [0.4, 0.5) is 0 Å². The molecule has 0 aliphatic carbocycles. The van der Waals surface area contributed by atoms with Crippen molar-refractivity contribution in [1.82, 2.24) is 19.4 Å². The fourth-order valence-corrected chi connectivity index (χ4v) is 4.22. The van der Waals surface area contributed by atoms with Crippen LogP contribution in [0.1, 0.15) is 30.1 Å². The Morgan fingerprint density at radius 2 is 2.30 bits per heavy atom. The van der Waals surface area contributed by atoms with Crippen LogP contribution in [0.25, 0.3) is 0 Å². The molecule has 1 aliphatic rings. The van der Waals surface area contributed by atoms with Gasteiger partial charge in [0.05, 0.1) is 23.6 Å². The van der Waals surface area contributed by atoms with E-state index in [1.807, 2.05) is 0 Å². The molecule has 2 heterocycles. The maximum atomic E-state index is 12.4. The highest BCUT2D eigenvalue weighted by molar-refractivity contribution is 7.89. The summed E-state index contributed by atoms with van der Waals surface area (Å²) in [6.07, 6.45) is 4.01. The van der Waals surface area contributed by atoms with E-state index in [1.54, 1.807) is 22.8 Å². The van der Waals surface area contributed by atoms with Gasteiger partial charge in [0, 0.05) is 32.9 Å². The Morgan fingerprint density at radius 1 is 1.57 bits per heavy atom. The number of aliphatic hydroxyl groups excluding tert-OH is 1. The Bertz CT molecular complexity index is 641. The topological polar surface area (TPSA) is 105 Å². The number of carbonyl (C=O) groups is 1. The quantitative estimate of drug-likeness (QED) is 0.729. The first-order valence-corrected chi connectivity index (χ1v) is 9.35. The summed E-state index contributed by atoms with van der Waals surface area (Å²) in [5.41, 5.74) is 0.517. The third-order valence-corrected chi connectivity index (χ3v) is 5.33. The van der Waals surface area contributed by atoms with Crippen molar-refractivity contribution in [2.45, 2.75) is 25.9 Å². The van der Waals surface area contributed by atoms with Crippen LogP contribution in [0.5, 0.6) is 0 Å². The molecule has 0 bridgehead atoms. The van der Waals surface area contributed by atoms with E-state index in [0.29, 0.717) is 18.7 Å². The van der Waals surface area contributed by atoms with Crippen molar-refractivity contribution in [3.05, 3.63) is 18.0 Å². The zero-order valence-corrected chi connectivity index (χ0v) is 14.3. The first-order chi connectivity index (χ1) is 10.8. The van der Waals surface area contributed by atoms with Gasteiger partial charge in [0.2, 0.25) is 10.0 Å². The molecule has 2 atom stereocenters. The Balaban J connectivity index is 1.94. The number of likely N-dealkylation sites (tertiary alicyclic amines) is 1. The van der Waals surface area contributed by atoms with E-state index in [-0.39, 0.29) is 24.1 Å². The molecule has 8 nitrogen and oxygen atoms in total. The number of carbonyl (C=O) groups excluding carboxylic acids is 1. The summed E-state index contributed by atoms with van der Waals surface area (Å²) in [4.78, 5) is 14.1. The van der Waals surface area contributed by atoms with Gasteiger partial charge in [-0.25, -0.2) is 13.1 Å². The number of amides is 1. The zero-order valence-electron chi connectivity index (χ0n) is 13.5. The van der Waals surface area contributed by atoms with Gasteiger partial charge in [-0.15, -0.1) is 0 Å². The molecular weight excluding hydrogens is 320 g/mol. The maximum Gasteiger partial charge on any atom is 0.257 e. The zero-order chi connectivity index (χ0) is 17.0. The third kappa shape index (κ3) is 5.29. The first kappa shape index (κ1) is 17.9. The van der Waals surface area contributed by atoms with Gasteiger partial charge in [0.1, 0.15) is 0 Å². The molecule has 1 fully saturated rings. The number of nitrogens with one attached hydrogen (secondary N) is 1. The molecule has 130 valence electrons. The molecule has 1 saturated heterocycles. The average molecular weight is 344 g/mol. The van der Waals surface area contributed by atoms with Gasteiger partial charge in [-0.05, 0) is 25.7 Å². The summed E-state index contributed by atoms with van der Waals surface area (Å²) in [7, 11) is -1.70. The van der Waals surface area contributed by atoms with Gasteiger partial charge >= 0.3 is 0 Å². The van der Waals surface area contributed by atoms with Crippen LogP contribution in [0.2, 0.25) is 0 Å². The number of aryl methyl sites for hydroxylation is 1. The van der Waals surface area contributed by atoms with Crippen molar-refractivity contribution in [2.24, 2.45) is 13.0 Å². The summed E-state index contributed by atoms with van der Waals surface area (Å²) in [6.45, 7) is 2.58. The molecule has 0 radical (unpaired) electrons. The van der Waals surface area contributed by atoms with E-state index in [2.05, 4.69) is 9.82 Å². The van der Waals surface area contributed by atoms with Crippen LogP contribution < -0.4 is 4.72 Å². The van der Waals surface area contributed by atoms with Crippen LogP contribution in [-0.2, 0) is 17.1 Å². The number of aliphatic hydroxyl groups is 1. The summed E-state index contributed by atoms with van der Waals surface area (Å²) in [5, 5.41) is 13.2. The second-order valence-corrected chi connectivity index (χ2v) is 7.99. The number of sulfonamides is 1. The van der Waals surface area contributed by atoms with Crippen LogP contribution in [0.15, 0.2) is 12.4 Å². The van der Waals surface area contributed by atoms with Crippen LogP contribution in [-0.4, -0.2) is 65.6 Å². The lowest BCUT2D eigenvalue weighted by Gasteiger charge is -2.32. The van der Waals surface area contributed by atoms with Crippen LogP contribution in [0, 0.1) is 5.92 Å². The second-order valence-electron chi connectivity index (χ2n) is 6.14. The molecule has 1 aromatic rings. The van der Waals surface area contributed by atoms with E-state index >= 15 is 0 Å². The number of piperidine rings is 1. The number of rotatable bonds is 6. The largest absolute Gasteiger partial charge is 0.392 e. The molecule has 0 spiro atoms. The molecule has 1 aliphatic heterocycles. The Kier molecular flexibility index (Phi) is 5.77. The molecule has 9 heteroatoms. The molecule has 1 amide bonds. The lowest BCUT2D eigenvalue weighted by molar-refractivity contribution is 0.0684. The minimum atomic E-state index is -3.45. The van der Waals surface area contributed by atoms with E-state index in [9.17, 15) is 18.3 Å². The fourth-order valence-electron chi connectivity index (χ4n) is 2.72. The third-order valence-electron chi connectivity index (χ3n) is 3.81. The normalized spacial score (nSPS) is 20.5. The number of hydrogen-bond acceptors (Lipinski definition) is 5. The van der Waals surface area contributed by atoms with Gasteiger partial charge in [-0.3, -0.25) is 9.48 Å². The highest BCUT2D eigenvalue weighted by Crippen LogP contribution is 2.20. The summed E-state index contributed by atoms with van der Waals surface area (Å²) in [5.74, 6) is -0.246. The van der Waals surface area contributed by atoms with Crippen molar-refractivity contribution >= 4 is 15.9 Å². The lowest BCUT2D eigenvalue weighted by atomic mass is 9.99. The van der Waals surface area contributed by atoms with Gasteiger partial charge < -0.3 is 10.0 Å². The summed E-state index contributed by atoms with van der Waals surface area (Å²) in [6, 6.07) is 0. The van der Waals surface area contributed by atoms with Gasteiger partial charge in [0.15, 0.2) is 0 Å². The van der Waals surface area contributed by atoms with Crippen LogP contribution >= 0.6 is 0 Å². The maximum absolute atomic E-state index is 12.4. The molecular formula is C14H24N4O4S. The van der Waals surface area contributed by atoms with Crippen LogP contribution in [0.3, 0.4) is 0 Å². The minimum Gasteiger partial charge on any atom is -0.392 e. The Hall–Kier alpha value is -1.45. The first-order valence-electron chi connectivity index (χ1n) is 7.70. The average Bonchev–Trinajstić information content (AvgIpc) is 2.91. The SMILES string of the molecule is C[C@@H](O)CNS(=O)(=O)C[C@H]1CCCN(C(=O)c2cnn(C)c2)C1. The van der Waals surface area contributed by atoms with Crippen molar-refractivity contribution in [1.29, 1.82) is 0 Å². The van der Waals surface area contributed by atoms with Gasteiger partial charge in [-0.2, -0.15) is 5.10 Å². The monoisotopic (exact) mass is 344 g/mol. The van der Waals surface area contributed by atoms with Crippen molar-refractivity contribution in [3.8, 4) is 0 Å². The minimum absolute atomic E-state index is 0.00732. The smallest absolute Gasteiger partial charge is 0.257 e. The predicted molar refractivity (Wildman–Crippen MR) is 85.3 cm³/mol. The molecule has 2 rings (SSSR count). The van der Waals surface area contributed by atoms with E-state index < -0.39 is 16.1 Å². The van der Waals surface area contributed by atoms with Gasteiger partial charge in [0.25, 0.3) is 5.91 Å². The van der Waals surface area contributed by atoms with E-state index in [1.165, 1.54) is 13.1 Å². The van der Waals surface area contributed by atoms with Crippen molar-refractivity contribution < 1.29 is 18.3 Å². The van der Waals surface area contributed by atoms with Gasteiger partial charge in [-0.1, -0.05) is 0 Å². The number of nitrogens with zero attached hydrogens (tertiary/aromatic N) is 3. The standard InChI is InChI=1S/C14H24N4O4S/c1-11(19)6-16-23(21,22)10-12-4-3-5-18(8-12)14(20)13-7-15-17(2)9-13/h7,9,11-12,16,19H,3-6,8,10H2,1-2H3/t11-,12+/m1/s1. The highest BCUT2D eigenvalue weighted by atomic mass is 32.2. The summed E-state index contributed by atoms with van der Waals surface area (Å²) < 4.78 is 28.0. The van der Waals surface area contributed by atoms with E-state index in [4.69, 9.17) is 0 Å². The number of hydrogen-bond donors (Lipinski definition) is 2. The molecule has 2 N–H and O–H groups in total. The molecule has 1 aromatic heterocycles. The number of aromatic nitrogens is 2. The summed E-state index contributed by atoms with van der Waals surface area (Å²) >= 11 is 0. The molecule has 0 saturated carbocycles. The predicted octanol–water partition coefficient (Wildman–Crippen LogP) is -0.427. The highest BCUT2D eigenvalue weighted by Gasteiger charge is 2.28. The molecule has 0 unspecified atom stereocenters. The van der Waals surface area contributed by atoms with Crippen molar-refractivity contribution in [2.75, 3.05) is 25.4 Å².